The lowest BCUT2D eigenvalue weighted by molar-refractivity contribution is -0.142. The van der Waals surface area contributed by atoms with Crippen LogP contribution in [0.15, 0.2) is 76.6 Å². The number of nitrogens with zero attached hydrogens (tertiary/aromatic N) is 3. The Morgan fingerprint density at radius 2 is 1.52 bits per heavy atom. The minimum atomic E-state index is -4.68. The zero-order chi connectivity index (χ0) is 32.1. The monoisotopic (exact) mass is 613 g/mol. The second kappa shape index (κ2) is 10.7. The Kier molecular flexibility index (Phi) is 7.27. The molecular weight excluding hydrogens is 591 g/mol. The van der Waals surface area contributed by atoms with Gasteiger partial charge in [-0.1, -0.05) is 24.3 Å². The predicted molar refractivity (Wildman–Crippen MR) is 142 cm³/mol. The van der Waals surface area contributed by atoms with E-state index in [4.69, 9.17) is 18.9 Å². The summed E-state index contributed by atoms with van der Waals surface area (Å²) in [4.78, 5) is 68.7. The van der Waals surface area contributed by atoms with Gasteiger partial charge in [-0.2, -0.15) is 23.3 Å². The van der Waals surface area contributed by atoms with Crippen molar-refractivity contribution < 1.29 is 56.1 Å². The Hall–Kier alpha value is -5.47. The summed E-state index contributed by atoms with van der Waals surface area (Å²) in [5.41, 5.74) is -4.84. The van der Waals surface area contributed by atoms with Crippen molar-refractivity contribution in [2.24, 2.45) is 5.10 Å². The molecule has 1 amide bonds. The number of amides is 1. The summed E-state index contributed by atoms with van der Waals surface area (Å²) in [5, 5.41) is 5.20. The van der Waals surface area contributed by atoms with Gasteiger partial charge in [0.05, 0.1) is 63.0 Å². The molecule has 44 heavy (non-hydrogen) atoms. The molecule has 228 valence electrons. The van der Waals surface area contributed by atoms with Crippen LogP contribution in [0.1, 0.15) is 22.7 Å². The van der Waals surface area contributed by atoms with Gasteiger partial charge < -0.3 is 23.8 Å². The van der Waals surface area contributed by atoms with E-state index >= 15 is 0 Å². The van der Waals surface area contributed by atoms with Crippen molar-refractivity contribution in [3.63, 3.8) is 0 Å². The molecule has 0 unspecified atom stereocenters. The fraction of sp³-hybridized carbons (Fsp3) is 0.241. The molecule has 0 radical (unpaired) electrons. The fourth-order valence-electron chi connectivity index (χ4n) is 5.66. The van der Waals surface area contributed by atoms with Crippen molar-refractivity contribution in [2.75, 3.05) is 33.4 Å². The first kappa shape index (κ1) is 30.0. The average Bonchev–Trinajstić information content (AvgIpc) is 3.47. The number of ether oxygens (including phenoxy) is 4. The first-order valence-electron chi connectivity index (χ1n) is 12.7. The third kappa shape index (κ3) is 4.14. The molecule has 3 heterocycles. The molecule has 0 saturated heterocycles. The molecule has 3 aliphatic heterocycles. The molecular formula is C29H22F3N3O9. The van der Waals surface area contributed by atoms with Crippen molar-refractivity contribution in [2.45, 2.75) is 17.8 Å². The van der Waals surface area contributed by atoms with Crippen molar-refractivity contribution >= 4 is 41.2 Å². The number of alkyl halides is 3. The van der Waals surface area contributed by atoms with Gasteiger partial charge >= 0.3 is 30.1 Å². The van der Waals surface area contributed by atoms with Gasteiger partial charge in [0.15, 0.2) is 0 Å². The Labute approximate surface area is 246 Å². The number of rotatable bonds is 6. The average molecular weight is 614 g/mol. The summed E-state index contributed by atoms with van der Waals surface area (Å²) in [6, 6.07) is 8.32. The highest BCUT2D eigenvalue weighted by molar-refractivity contribution is 6.37. The van der Waals surface area contributed by atoms with Crippen LogP contribution in [0, 0.1) is 0 Å². The van der Waals surface area contributed by atoms with Crippen LogP contribution in [0.3, 0.4) is 0 Å². The number of carbonyl (C=O) groups excluding carboxylic acids is 5. The number of carbonyl (C=O) groups is 5. The molecule has 15 heteroatoms. The fourth-order valence-corrected chi connectivity index (χ4v) is 5.66. The molecule has 1 spiro atoms. The SMILES string of the molecule is COC(=O)/C=C(\C(=O)OC)N1[C@@H]2C(C(=O)OC)=C(C(=O)OC)[C@]13C(=O)N(c1ccc(C(F)(F)F)cc1)N=C3c1ccccc12. The number of methoxy groups -OCH3 is 4. The molecule has 0 aromatic heterocycles. The van der Waals surface area contributed by atoms with Crippen LogP contribution in [0.5, 0.6) is 0 Å². The molecule has 2 aromatic carbocycles. The maximum absolute atomic E-state index is 14.7. The normalized spacial score (nSPS) is 20.5. The van der Waals surface area contributed by atoms with Crippen LogP contribution in [0.4, 0.5) is 18.9 Å². The highest BCUT2D eigenvalue weighted by Crippen LogP contribution is 2.58. The van der Waals surface area contributed by atoms with Gasteiger partial charge in [0.2, 0.25) is 5.54 Å². The van der Waals surface area contributed by atoms with Gasteiger partial charge in [-0.25, -0.2) is 19.2 Å². The van der Waals surface area contributed by atoms with Crippen molar-refractivity contribution in [1.82, 2.24) is 4.90 Å². The van der Waals surface area contributed by atoms with E-state index in [1.165, 1.54) is 0 Å². The minimum absolute atomic E-state index is 0.138. The van der Waals surface area contributed by atoms with E-state index in [2.05, 4.69) is 5.10 Å². The maximum atomic E-state index is 14.7. The molecule has 0 fully saturated rings. The zero-order valence-corrected chi connectivity index (χ0v) is 23.4. The number of esters is 4. The van der Waals surface area contributed by atoms with Gasteiger partial charge in [0, 0.05) is 5.56 Å². The smallest absolute Gasteiger partial charge is 0.416 e. The largest absolute Gasteiger partial charge is 0.466 e. The summed E-state index contributed by atoms with van der Waals surface area (Å²) >= 11 is 0. The Balaban J connectivity index is 1.91. The second-order valence-electron chi connectivity index (χ2n) is 9.50. The van der Waals surface area contributed by atoms with Gasteiger partial charge in [0.25, 0.3) is 5.91 Å². The topological polar surface area (TPSA) is 141 Å². The molecule has 2 atom stereocenters. The number of benzene rings is 2. The predicted octanol–water partition coefficient (Wildman–Crippen LogP) is 2.44. The van der Waals surface area contributed by atoms with E-state index < -0.39 is 69.9 Å². The summed E-state index contributed by atoms with van der Waals surface area (Å²) in [7, 11) is 4.06. The molecule has 3 aliphatic rings. The summed E-state index contributed by atoms with van der Waals surface area (Å²) in [6.07, 6.45) is -3.96. The quantitative estimate of drug-likeness (QED) is 0.271. The molecule has 12 nitrogen and oxygen atoms in total. The van der Waals surface area contributed by atoms with E-state index in [1.807, 2.05) is 0 Å². The zero-order valence-electron chi connectivity index (χ0n) is 23.4. The highest BCUT2D eigenvalue weighted by atomic mass is 19.4. The van der Waals surface area contributed by atoms with E-state index in [-0.39, 0.29) is 22.5 Å². The number of hydrogen-bond acceptors (Lipinski definition) is 11. The number of hydrogen-bond donors (Lipinski definition) is 0. The molecule has 0 saturated carbocycles. The van der Waals surface area contributed by atoms with Crippen LogP contribution in [0.25, 0.3) is 0 Å². The number of hydrazone groups is 1. The number of fused-ring (bicyclic) bond motifs is 4. The first-order valence-corrected chi connectivity index (χ1v) is 12.7. The number of halogens is 3. The molecule has 0 N–H and O–H groups in total. The molecule has 0 aliphatic carbocycles. The summed E-state index contributed by atoms with van der Waals surface area (Å²) < 4.78 is 59.6. The Bertz CT molecular complexity index is 1710. The lowest BCUT2D eigenvalue weighted by Gasteiger charge is -2.44. The van der Waals surface area contributed by atoms with E-state index in [0.29, 0.717) is 0 Å². The maximum Gasteiger partial charge on any atom is 0.416 e. The van der Waals surface area contributed by atoms with Gasteiger partial charge in [-0.05, 0) is 29.8 Å². The minimum Gasteiger partial charge on any atom is -0.466 e. The van der Waals surface area contributed by atoms with Gasteiger partial charge in [-0.3, -0.25) is 4.79 Å². The van der Waals surface area contributed by atoms with Crippen LogP contribution in [-0.2, 0) is 49.1 Å². The lowest BCUT2D eigenvalue weighted by Crippen LogP contribution is -2.62. The van der Waals surface area contributed by atoms with Crippen LogP contribution < -0.4 is 5.01 Å². The third-order valence-corrected chi connectivity index (χ3v) is 7.42. The van der Waals surface area contributed by atoms with Gasteiger partial charge in [-0.15, -0.1) is 0 Å². The Morgan fingerprint density at radius 1 is 0.886 bits per heavy atom. The summed E-state index contributed by atoms with van der Waals surface area (Å²) in [5.74, 6) is -5.54. The Morgan fingerprint density at radius 3 is 2.09 bits per heavy atom. The molecule has 2 bridgehead atoms. The highest BCUT2D eigenvalue weighted by Gasteiger charge is 2.72. The number of anilines is 1. The van der Waals surface area contributed by atoms with Crippen molar-refractivity contribution in [1.29, 1.82) is 0 Å². The van der Waals surface area contributed by atoms with Gasteiger partial charge in [0.1, 0.15) is 11.4 Å². The molecule has 2 aromatic rings. The standard InChI is InChI=1S/C29H22F3N3O9/c1-41-19(36)13-18(24(37)42-2)34-22-16-7-5-6-8-17(16)23-28(34,21(26(39)44-4)20(22)25(38)43-3)27(40)35(33-23)15-11-9-14(10-12-15)29(30,31)32/h5-13,22H,1-4H3/b18-13+/t22-,28-/m0/s1. The van der Waals surface area contributed by atoms with E-state index in [0.717, 1.165) is 68.7 Å². The van der Waals surface area contributed by atoms with Crippen LogP contribution in [-0.4, -0.2) is 74.4 Å². The lowest BCUT2D eigenvalue weighted by atomic mass is 9.77. The first-order chi connectivity index (χ1) is 20.9. The van der Waals surface area contributed by atoms with Crippen LogP contribution in [0.2, 0.25) is 0 Å². The summed E-state index contributed by atoms with van der Waals surface area (Å²) in [6.45, 7) is 0. The molecule has 5 rings (SSSR count). The van der Waals surface area contributed by atoms with Crippen molar-refractivity contribution in [3.8, 4) is 0 Å². The van der Waals surface area contributed by atoms with Crippen LogP contribution >= 0.6 is 0 Å². The van der Waals surface area contributed by atoms with Crippen molar-refractivity contribution in [3.05, 3.63) is 88.1 Å². The second-order valence-corrected chi connectivity index (χ2v) is 9.50. The van der Waals surface area contributed by atoms with E-state index in [1.54, 1.807) is 24.3 Å². The van der Waals surface area contributed by atoms with E-state index in [9.17, 15) is 37.1 Å². The third-order valence-electron chi connectivity index (χ3n) is 7.42.